The standard InChI is InChI=1S/C22H21NO4S/c1-3-27-22(25)21-18(13-28-14-19(24)26-2)23-17-12-8-7-11-16(17)20(21)15-9-5-4-6-10-15/h4-12H,3,13-14H2,1-2H3. The highest BCUT2D eigenvalue weighted by Crippen LogP contribution is 2.34. The first-order chi connectivity index (χ1) is 13.7. The molecule has 0 saturated heterocycles. The molecule has 28 heavy (non-hydrogen) atoms. The van der Waals surface area contributed by atoms with Crippen LogP contribution in [0.5, 0.6) is 0 Å². The number of fused-ring (bicyclic) bond motifs is 1. The third-order valence-corrected chi connectivity index (χ3v) is 5.11. The number of thioether (sulfide) groups is 1. The molecule has 0 fully saturated rings. The Morgan fingerprint density at radius 2 is 1.75 bits per heavy atom. The van der Waals surface area contributed by atoms with Gasteiger partial charge < -0.3 is 9.47 Å². The molecule has 3 rings (SSSR count). The van der Waals surface area contributed by atoms with E-state index in [1.165, 1.54) is 18.9 Å². The molecule has 1 aromatic heterocycles. The van der Waals surface area contributed by atoms with Crippen LogP contribution in [0.2, 0.25) is 0 Å². The van der Waals surface area contributed by atoms with Gasteiger partial charge in [-0.15, -0.1) is 11.8 Å². The van der Waals surface area contributed by atoms with E-state index in [0.717, 1.165) is 22.0 Å². The fraction of sp³-hybridized carbons (Fsp3) is 0.227. The van der Waals surface area contributed by atoms with Gasteiger partial charge in [-0.05, 0) is 18.6 Å². The third kappa shape index (κ3) is 4.34. The first-order valence-electron chi connectivity index (χ1n) is 8.94. The van der Waals surface area contributed by atoms with Crippen LogP contribution in [0, 0.1) is 0 Å². The zero-order valence-corrected chi connectivity index (χ0v) is 16.6. The Kier molecular flexibility index (Phi) is 6.66. The number of rotatable bonds is 7. The molecule has 0 radical (unpaired) electrons. The monoisotopic (exact) mass is 395 g/mol. The van der Waals surface area contributed by atoms with Crippen molar-refractivity contribution >= 4 is 34.6 Å². The van der Waals surface area contributed by atoms with Gasteiger partial charge in [0.1, 0.15) is 0 Å². The van der Waals surface area contributed by atoms with Crippen molar-refractivity contribution in [2.75, 3.05) is 19.5 Å². The number of pyridine rings is 1. The van der Waals surface area contributed by atoms with E-state index in [2.05, 4.69) is 0 Å². The summed E-state index contributed by atoms with van der Waals surface area (Å²) in [6.45, 7) is 2.05. The van der Waals surface area contributed by atoms with E-state index in [1.807, 2.05) is 54.6 Å². The molecule has 0 aliphatic heterocycles. The molecule has 2 aromatic carbocycles. The Labute approximate surface area is 168 Å². The van der Waals surface area contributed by atoms with Gasteiger partial charge in [-0.2, -0.15) is 0 Å². The van der Waals surface area contributed by atoms with Gasteiger partial charge >= 0.3 is 11.9 Å². The first-order valence-corrected chi connectivity index (χ1v) is 10.1. The van der Waals surface area contributed by atoms with E-state index in [0.29, 0.717) is 17.0 Å². The summed E-state index contributed by atoms with van der Waals surface area (Å²) in [5, 5.41) is 0.887. The minimum atomic E-state index is -0.409. The summed E-state index contributed by atoms with van der Waals surface area (Å²) in [6, 6.07) is 17.5. The number of methoxy groups -OCH3 is 1. The van der Waals surface area contributed by atoms with Crippen LogP contribution in [0.25, 0.3) is 22.0 Å². The van der Waals surface area contributed by atoms with Crippen LogP contribution < -0.4 is 0 Å². The molecule has 0 aliphatic rings. The molecule has 0 unspecified atom stereocenters. The van der Waals surface area contributed by atoms with Crippen LogP contribution >= 0.6 is 11.8 Å². The molecule has 6 heteroatoms. The largest absolute Gasteiger partial charge is 0.468 e. The number of carbonyl (C=O) groups is 2. The van der Waals surface area contributed by atoms with Crippen molar-refractivity contribution in [3.05, 3.63) is 65.9 Å². The number of ether oxygens (including phenoxy) is 2. The lowest BCUT2D eigenvalue weighted by atomic mass is 9.94. The van der Waals surface area contributed by atoms with Crippen molar-refractivity contribution < 1.29 is 19.1 Å². The maximum absolute atomic E-state index is 12.9. The van der Waals surface area contributed by atoms with Gasteiger partial charge in [0.25, 0.3) is 0 Å². The summed E-state index contributed by atoms with van der Waals surface area (Å²) in [5.74, 6) is -0.137. The molecular formula is C22H21NO4S. The van der Waals surface area contributed by atoms with Crippen LogP contribution in [-0.2, 0) is 20.0 Å². The van der Waals surface area contributed by atoms with Gasteiger partial charge in [0.05, 0.1) is 36.2 Å². The van der Waals surface area contributed by atoms with E-state index >= 15 is 0 Å². The maximum atomic E-state index is 12.9. The van der Waals surface area contributed by atoms with Gasteiger partial charge in [-0.25, -0.2) is 4.79 Å². The van der Waals surface area contributed by atoms with Crippen LogP contribution in [0.1, 0.15) is 23.0 Å². The van der Waals surface area contributed by atoms with E-state index in [-0.39, 0.29) is 18.3 Å². The van der Waals surface area contributed by atoms with Gasteiger partial charge in [-0.1, -0.05) is 48.5 Å². The Morgan fingerprint density at radius 3 is 2.46 bits per heavy atom. The number of hydrogen-bond donors (Lipinski definition) is 0. The highest BCUT2D eigenvalue weighted by atomic mass is 32.2. The number of carbonyl (C=O) groups excluding carboxylic acids is 2. The molecular weight excluding hydrogens is 374 g/mol. The average Bonchev–Trinajstić information content (AvgIpc) is 2.73. The summed E-state index contributed by atoms with van der Waals surface area (Å²) in [7, 11) is 1.36. The Morgan fingerprint density at radius 1 is 1.04 bits per heavy atom. The second kappa shape index (κ2) is 9.37. The van der Waals surface area contributed by atoms with E-state index in [1.54, 1.807) is 6.92 Å². The third-order valence-electron chi connectivity index (χ3n) is 4.20. The summed E-state index contributed by atoms with van der Waals surface area (Å²) >= 11 is 1.36. The van der Waals surface area contributed by atoms with Gasteiger partial charge in [0, 0.05) is 16.7 Å². The molecule has 1 heterocycles. The number of hydrogen-bond acceptors (Lipinski definition) is 6. The minimum absolute atomic E-state index is 0.188. The smallest absolute Gasteiger partial charge is 0.340 e. The number of esters is 2. The predicted octanol–water partition coefficient (Wildman–Crippen LogP) is 4.48. The quantitative estimate of drug-likeness (QED) is 0.550. The molecule has 0 aliphatic carbocycles. The Bertz CT molecular complexity index is 988. The molecule has 0 bridgehead atoms. The number of nitrogens with zero attached hydrogens (tertiary/aromatic N) is 1. The number of para-hydroxylation sites is 1. The molecule has 0 saturated carbocycles. The number of aromatic nitrogens is 1. The lowest BCUT2D eigenvalue weighted by Crippen LogP contribution is -2.13. The van der Waals surface area contributed by atoms with E-state index < -0.39 is 5.97 Å². The van der Waals surface area contributed by atoms with Crippen molar-refractivity contribution in [1.29, 1.82) is 0 Å². The van der Waals surface area contributed by atoms with Crippen LogP contribution in [0.4, 0.5) is 0 Å². The highest BCUT2D eigenvalue weighted by Gasteiger charge is 2.23. The second-order valence-electron chi connectivity index (χ2n) is 5.98. The van der Waals surface area contributed by atoms with Crippen LogP contribution in [0.15, 0.2) is 54.6 Å². The lowest BCUT2D eigenvalue weighted by molar-refractivity contribution is -0.137. The highest BCUT2D eigenvalue weighted by molar-refractivity contribution is 7.99. The molecule has 144 valence electrons. The molecule has 0 N–H and O–H groups in total. The van der Waals surface area contributed by atoms with Crippen molar-refractivity contribution in [1.82, 2.24) is 4.98 Å². The van der Waals surface area contributed by atoms with Crippen molar-refractivity contribution in [3.63, 3.8) is 0 Å². The van der Waals surface area contributed by atoms with Crippen molar-refractivity contribution in [3.8, 4) is 11.1 Å². The summed E-state index contributed by atoms with van der Waals surface area (Å²) in [5.41, 5.74) is 3.57. The van der Waals surface area contributed by atoms with Gasteiger partial charge in [0.15, 0.2) is 0 Å². The molecule has 3 aromatic rings. The first kappa shape index (κ1) is 19.9. The van der Waals surface area contributed by atoms with Crippen LogP contribution in [0.3, 0.4) is 0 Å². The van der Waals surface area contributed by atoms with Gasteiger partial charge in [-0.3, -0.25) is 9.78 Å². The predicted molar refractivity (Wildman–Crippen MR) is 111 cm³/mol. The SMILES string of the molecule is CCOC(=O)c1c(CSCC(=O)OC)nc2ccccc2c1-c1ccccc1. The van der Waals surface area contributed by atoms with Crippen molar-refractivity contribution in [2.24, 2.45) is 0 Å². The Hall–Kier alpha value is -2.86. The molecule has 0 amide bonds. The molecule has 0 atom stereocenters. The normalized spacial score (nSPS) is 10.6. The topological polar surface area (TPSA) is 65.5 Å². The second-order valence-corrected chi connectivity index (χ2v) is 6.97. The lowest BCUT2D eigenvalue weighted by Gasteiger charge is -2.16. The van der Waals surface area contributed by atoms with Crippen molar-refractivity contribution in [2.45, 2.75) is 12.7 Å². The fourth-order valence-electron chi connectivity index (χ4n) is 2.99. The molecule has 0 spiro atoms. The Balaban J connectivity index is 2.19. The summed E-state index contributed by atoms with van der Waals surface area (Å²) in [6.07, 6.45) is 0. The minimum Gasteiger partial charge on any atom is -0.468 e. The van der Waals surface area contributed by atoms with Crippen LogP contribution in [-0.4, -0.2) is 36.4 Å². The average molecular weight is 395 g/mol. The fourth-order valence-corrected chi connectivity index (χ4v) is 3.77. The van der Waals surface area contributed by atoms with E-state index in [4.69, 9.17) is 14.5 Å². The van der Waals surface area contributed by atoms with E-state index in [9.17, 15) is 9.59 Å². The zero-order chi connectivity index (χ0) is 19.9. The number of benzene rings is 2. The molecule has 5 nitrogen and oxygen atoms in total. The van der Waals surface area contributed by atoms with Gasteiger partial charge in [0.2, 0.25) is 0 Å². The summed E-state index contributed by atoms with van der Waals surface area (Å²) < 4.78 is 10.0. The maximum Gasteiger partial charge on any atom is 0.340 e. The zero-order valence-electron chi connectivity index (χ0n) is 15.8. The summed E-state index contributed by atoms with van der Waals surface area (Å²) in [4.78, 5) is 29.1.